The topological polar surface area (TPSA) is 64.1 Å². The lowest BCUT2D eigenvalue weighted by atomic mass is 10.2. The molecule has 0 atom stereocenters. The fourth-order valence-corrected chi connectivity index (χ4v) is 1.59. The molecule has 18 heavy (non-hydrogen) atoms. The van der Waals surface area contributed by atoms with Gasteiger partial charge in [0.15, 0.2) is 0 Å². The summed E-state index contributed by atoms with van der Waals surface area (Å²) in [7, 11) is 1.50. The Balaban J connectivity index is 2.18. The van der Waals surface area contributed by atoms with Gasteiger partial charge in [-0.1, -0.05) is 0 Å². The summed E-state index contributed by atoms with van der Waals surface area (Å²) in [6.07, 6.45) is 3.08. The van der Waals surface area contributed by atoms with Crippen LogP contribution in [0.15, 0.2) is 41.3 Å². The molecule has 0 aliphatic heterocycles. The summed E-state index contributed by atoms with van der Waals surface area (Å²) in [4.78, 5) is 19.9. The highest BCUT2D eigenvalue weighted by Gasteiger charge is 2.10. The molecule has 6 heteroatoms. The average Bonchev–Trinajstić information content (AvgIpc) is 2.40. The predicted octanol–water partition coefficient (Wildman–Crippen LogP) is 2.50. The number of pyridine rings is 2. The van der Waals surface area contributed by atoms with E-state index < -0.39 is 0 Å². The van der Waals surface area contributed by atoms with Crippen LogP contribution in [0.25, 0.3) is 0 Å². The Bertz CT molecular complexity index is 558. The fourth-order valence-electron chi connectivity index (χ4n) is 1.35. The van der Waals surface area contributed by atoms with Crippen LogP contribution in [0.1, 0.15) is 10.4 Å². The first-order valence-corrected chi connectivity index (χ1v) is 5.92. The minimum Gasteiger partial charge on any atom is -0.480 e. The van der Waals surface area contributed by atoms with Gasteiger partial charge in [-0.05, 0) is 40.2 Å². The Hall–Kier alpha value is -1.95. The molecule has 2 heterocycles. The molecule has 1 amide bonds. The number of methoxy groups -OCH3 is 1. The number of aromatic nitrogens is 2. The van der Waals surface area contributed by atoms with Gasteiger partial charge in [-0.3, -0.25) is 4.79 Å². The van der Waals surface area contributed by atoms with E-state index in [2.05, 4.69) is 31.2 Å². The molecule has 0 radical (unpaired) electrons. The van der Waals surface area contributed by atoms with Crippen LogP contribution in [0.5, 0.6) is 5.88 Å². The molecule has 2 aromatic heterocycles. The summed E-state index contributed by atoms with van der Waals surface area (Å²) in [6, 6.07) is 6.82. The lowest BCUT2D eigenvalue weighted by molar-refractivity contribution is 0.102. The van der Waals surface area contributed by atoms with Crippen molar-refractivity contribution in [3.8, 4) is 5.88 Å². The van der Waals surface area contributed by atoms with E-state index in [1.54, 1.807) is 30.5 Å². The van der Waals surface area contributed by atoms with E-state index in [9.17, 15) is 4.79 Å². The number of nitrogens with one attached hydrogen (secondary N) is 1. The van der Waals surface area contributed by atoms with E-state index in [1.165, 1.54) is 13.3 Å². The van der Waals surface area contributed by atoms with E-state index >= 15 is 0 Å². The molecular formula is C12H10BrN3O2. The molecule has 92 valence electrons. The van der Waals surface area contributed by atoms with Crippen LogP contribution in [0.3, 0.4) is 0 Å². The van der Waals surface area contributed by atoms with Crippen molar-refractivity contribution in [2.24, 2.45) is 0 Å². The second-order valence-electron chi connectivity index (χ2n) is 3.38. The van der Waals surface area contributed by atoms with Crippen molar-refractivity contribution in [1.82, 2.24) is 9.97 Å². The van der Waals surface area contributed by atoms with Gasteiger partial charge in [0.2, 0.25) is 5.88 Å². The van der Waals surface area contributed by atoms with Gasteiger partial charge in [-0.25, -0.2) is 9.97 Å². The van der Waals surface area contributed by atoms with Crippen LogP contribution in [0, 0.1) is 0 Å². The van der Waals surface area contributed by atoms with Crippen LogP contribution in [0.4, 0.5) is 5.69 Å². The van der Waals surface area contributed by atoms with E-state index in [0.717, 1.165) is 0 Å². The maximum absolute atomic E-state index is 11.9. The highest BCUT2D eigenvalue weighted by molar-refractivity contribution is 9.10. The van der Waals surface area contributed by atoms with Gasteiger partial charge in [-0.15, -0.1) is 0 Å². The Morgan fingerprint density at radius 2 is 2.17 bits per heavy atom. The zero-order valence-corrected chi connectivity index (χ0v) is 11.1. The quantitative estimate of drug-likeness (QED) is 0.885. The molecule has 1 N–H and O–H groups in total. The van der Waals surface area contributed by atoms with Gasteiger partial charge in [-0.2, -0.15) is 0 Å². The standard InChI is InChI=1S/C12H10BrN3O2/c1-18-12-9(3-2-6-14-12)16-11(17)8-4-5-10(13)15-7-8/h2-7H,1H3,(H,16,17). The molecule has 5 nitrogen and oxygen atoms in total. The van der Waals surface area contributed by atoms with Gasteiger partial charge in [0.1, 0.15) is 10.3 Å². The lowest BCUT2D eigenvalue weighted by Crippen LogP contribution is -2.13. The first-order valence-electron chi connectivity index (χ1n) is 5.12. The number of hydrogen-bond acceptors (Lipinski definition) is 4. The number of rotatable bonds is 3. The summed E-state index contributed by atoms with van der Waals surface area (Å²) in [5.74, 6) is 0.109. The summed E-state index contributed by atoms with van der Waals surface area (Å²) in [6.45, 7) is 0. The molecule has 0 saturated carbocycles. The van der Waals surface area contributed by atoms with Crippen molar-refractivity contribution >= 4 is 27.5 Å². The normalized spacial score (nSPS) is 9.89. The summed E-state index contributed by atoms with van der Waals surface area (Å²) in [5.41, 5.74) is 0.983. The highest BCUT2D eigenvalue weighted by atomic mass is 79.9. The van der Waals surface area contributed by atoms with Crippen LogP contribution >= 0.6 is 15.9 Å². The third kappa shape index (κ3) is 2.84. The van der Waals surface area contributed by atoms with Gasteiger partial charge in [0, 0.05) is 12.4 Å². The number of carbonyl (C=O) groups is 1. The summed E-state index contributed by atoms with van der Waals surface area (Å²) >= 11 is 3.21. The largest absolute Gasteiger partial charge is 0.480 e. The maximum atomic E-state index is 11.9. The van der Waals surface area contributed by atoms with Crippen molar-refractivity contribution in [2.75, 3.05) is 12.4 Å². The molecule has 0 spiro atoms. The molecular weight excluding hydrogens is 298 g/mol. The number of ether oxygens (including phenoxy) is 1. The van der Waals surface area contributed by atoms with Crippen LogP contribution in [0.2, 0.25) is 0 Å². The van der Waals surface area contributed by atoms with Crippen LogP contribution in [-0.2, 0) is 0 Å². The van der Waals surface area contributed by atoms with Crippen molar-refractivity contribution in [1.29, 1.82) is 0 Å². The monoisotopic (exact) mass is 307 g/mol. The lowest BCUT2D eigenvalue weighted by Gasteiger charge is -2.08. The molecule has 0 bridgehead atoms. The second kappa shape index (κ2) is 5.59. The number of hydrogen-bond donors (Lipinski definition) is 1. The number of anilines is 1. The van der Waals surface area contributed by atoms with E-state index in [0.29, 0.717) is 21.7 Å². The fraction of sp³-hybridized carbons (Fsp3) is 0.0833. The van der Waals surface area contributed by atoms with Crippen molar-refractivity contribution in [2.45, 2.75) is 0 Å². The second-order valence-corrected chi connectivity index (χ2v) is 4.20. The van der Waals surface area contributed by atoms with Crippen molar-refractivity contribution in [3.63, 3.8) is 0 Å². The minimum atomic E-state index is -0.263. The highest BCUT2D eigenvalue weighted by Crippen LogP contribution is 2.20. The molecule has 0 aliphatic carbocycles. The predicted molar refractivity (Wildman–Crippen MR) is 70.7 cm³/mol. The van der Waals surface area contributed by atoms with Crippen LogP contribution in [-0.4, -0.2) is 23.0 Å². The average molecular weight is 308 g/mol. The molecule has 2 rings (SSSR count). The smallest absolute Gasteiger partial charge is 0.257 e. The van der Waals surface area contributed by atoms with Gasteiger partial charge in [0.25, 0.3) is 5.91 Å². The van der Waals surface area contributed by atoms with Crippen LogP contribution < -0.4 is 10.1 Å². The van der Waals surface area contributed by atoms with E-state index in [4.69, 9.17) is 4.74 Å². The molecule has 0 fully saturated rings. The van der Waals surface area contributed by atoms with Crippen molar-refractivity contribution in [3.05, 3.63) is 46.8 Å². The van der Waals surface area contributed by atoms with Gasteiger partial charge in [0.05, 0.1) is 12.7 Å². The first-order chi connectivity index (χ1) is 8.70. The number of halogens is 1. The van der Waals surface area contributed by atoms with Gasteiger partial charge < -0.3 is 10.1 Å². The van der Waals surface area contributed by atoms with Gasteiger partial charge >= 0.3 is 0 Å². The van der Waals surface area contributed by atoms with E-state index in [1.807, 2.05) is 0 Å². The number of carbonyl (C=O) groups excluding carboxylic acids is 1. The Morgan fingerprint density at radius 3 is 2.83 bits per heavy atom. The third-order valence-electron chi connectivity index (χ3n) is 2.20. The molecule has 2 aromatic rings. The zero-order valence-electron chi connectivity index (χ0n) is 9.55. The van der Waals surface area contributed by atoms with E-state index in [-0.39, 0.29) is 5.91 Å². The zero-order chi connectivity index (χ0) is 13.0. The Morgan fingerprint density at radius 1 is 1.33 bits per heavy atom. The third-order valence-corrected chi connectivity index (χ3v) is 2.67. The summed E-state index contributed by atoms with van der Waals surface area (Å²) < 4.78 is 5.73. The maximum Gasteiger partial charge on any atom is 0.257 e. The minimum absolute atomic E-state index is 0.263. The number of nitrogens with zero attached hydrogens (tertiary/aromatic N) is 2. The Labute approximate surface area is 112 Å². The SMILES string of the molecule is COc1ncccc1NC(=O)c1ccc(Br)nc1. The molecule has 0 aromatic carbocycles. The molecule has 0 saturated heterocycles. The first kappa shape index (κ1) is 12.5. The molecule has 0 aliphatic rings. The Kier molecular flexibility index (Phi) is 3.88. The molecule has 0 unspecified atom stereocenters. The van der Waals surface area contributed by atoms with Crippen molar-refractivity contribution < 1.29 is 9.53 Å². The summed E-state index contributed by atoms with van der Waals surface area (Å²) in [5, 5.41) is 2.72. The number of amides is 1.